The van der Waals surface area contributed by atoms with Crippen LogP contribution in [0.3, 0.4) is 0 Å². The van der Waals surface area contributed by atoms with Gasteiger partial charge in [-0.1, -0.05) is 0 Å². The van der Waals surface area contributed by atoms with Gasteiger partial charge in [0.2, 0.25) is 0 Å². The van der Waals surface area contributed by atoms with Crippen molar-refractivity contribution in [2.45, 2.75) is 0 Å². The van der Waals surface area contributed by atoms with Crippen LogP contribution < -0.4 is 37.2 Å². The summed E-state index contributed by atoms with van der Waals surface area (Å²) in [5.41, 5.74) is 0. The first-order valence-electron chi connectivity index (χ1n) is 0. The zero-order chi connectivity index (χ0) is 0. The maximum atomic E-state index is 0. The molecule has 0 amide bonds. The first-order chi connectivity index (χ1) is 0. The predicted molar refractivity (Wildman–Crippen MR) is 15.4 cm³/mol. The molecule has 0 heterocycles. The van der Waals surface area contributed by atoms with E-state index in [1.54, 1.807) is 0 Å². The molecule has 0 aliphatic rings. The van der Waals surface area contributed by atoms with Gasteiger partial charge in [0.1, 0.15) is 0 Å². The second-order valence-electron chi connectivity index (χ2n) is 0. The average molecular weight is 290 g/mol. The van der Waals surface area contributed by atoms with Gasteiger partial charge in [-0.25, -0.2) is 0 Å². The molecule has 0 fully saturated rings. The van der Waals surface area contributed by atoms with Gasteiger partial charge in [0.25, 0.3) is 0 Å². The fourth-order valence-electron chi connectivity index (χ4n) is 0. The summed E-state index contributed by atoms with van der Waals surface area (Å²) in [6.07, 6.45) is 0. The van der Waals surface area contributed by atoms with Gasteiger partial charge in [0.15, 0.2) is 0 Å². The smallest absolute Gasteiger partial charge is 1.00 e. The van der Waals surface area contributed by atoms with Crippen LogP contribution in [0.2, 0.25) is 0 Å². The van der Waals surface area contributed by atoms with Gasteiger partial charge in [-0.05, 0) is 0 Å². The summed E-state index contributed by atoms with van der Waals surface area (Å²) in [6.45, 7) is 0. The normalized spacial score (nSPS) is 0. The first kappa shape index (κ1) is 59.3. The van der Waals surface area contributed by atoms with Crippen molar-refractivity contribution in [1.82, 2.24) is 0 Å². The number of hydrogen-bond acceptors (Lipinski definition) is 0. The van der Waals surface area contributed by atoms with Crippen molar-refractivity contribution < 1.29 is 54.3 Å². The SMILES string of the molecule is I.[Cl-].[Cl-].[Cl-].[Fe+3]. The Kier molecular flexibility index (Phi) is 424. The quantitative estimate of drug-likeness (QED) is 0.307. The van der Waals surface area contributed by atoms with Crippen LogP contribution in [-0.2, 0) is 17.1 Å². The van der Waals surface area contributed by atoms with Gasteiger partial charge in [-0.2, -0.15) is 0 Å². The van der Waals surface area contributed by atoms with E-state index in [2.05, 4.69) is 0 Å². The Bertz CT molecular complexity index is 6.85. The molecule has 0 nitrogen and oxygen atoms in total. The maximum absolute atomic E-state index is 0. The van der Waals surface area contributed by atoms with Crippen molar-refractivity contribution in [3.05, 3.63) is 0 Å². The fraction of sp³-hybridized carbons (Fsp3) is 0. The summed E-state index contributed by atoms with van der Waals surface area (Å²) in [6, 6.07) is 0. The van der Waals surface area contributed by atoms with E-state index in [1.165, 1.54) is 0 Å². The van der Waals surface area contributed by atoms with E-state index < -0.39 is 0 Å². The van der Waals surface area contributed by atoms with Crippen LogP contribution in [0.5, 0.6) is 0 Å². The van der Waals surface area contributed by atoms with Crippen LogP contribution in [-0.4, -0.2) is 0 Å². The molecule has 0 spiro atoms. The van der Waals surface area contributed by atoms with Crippen LogP contribution in [0.25, 0.3) is 0 Å². The molecule has 5 heavy (non-hydrogen) atoms. The topological polar surface area (TPSA) is 0 Å². The Morgan fingerprint density at radius 3 is 0.600 bits per heavy atom. The molecule has 1 radical (unpaired) electrons. The van der Waals surface area contributed by atoms with Crippen LogP contribution >= 0.6 is 24.0 Å². The van der Waals surface area contributed by atoms with Gasteiger partial charge in [-0.3, -0.25) is 0 Å². The summed E-state index contributed by atoms with van der Waals surface area (Å²) >= 11 is 0. The van der Waals surface area contributed by atoms with Gasteiger partial charge in [0, 0.05) is 0 Å². The van der Waals surface area contributed by atoms with E-state index in [4.69, 9.17) is 0 Å². The van der Waals surface area contributed by atoms with Crippen molar-refractivity contribution in [3.63, 3.8) is 0 Å². The summed E-state index contributed by atoms with van der Waals surface area (Å²) < 4.78 is 0. The summed E-state index contributed by atoms with van der Waals surface area (Å²) in [5, 5.41) is 0. The van der Waals surface area contributed by atoms with E-state index in [0.29, 0.717) is 0 Å². The minimum atomic E-state index is 0. The van der Waals surface area contributed by atoms with E-state index in [1.807, 2.05) is 0 Å². The van der Waals surface area contributed by atoms with E-state index in [0.717, 1.165) is 0 Å². The fourth-order valence-corrected chi connectivity index (χ4v) is 0. The molecule has 0 saturated heterocycles. The molecule has 0 bridgehead atoms. The minimum Gasteiger partial charge on any atom is -1.00 e. The second-order valence-corrected chi connectivity index (χ2v) is 0. The Morgan fingerprint density at radius 1 is 0.600 bits per heavy atom. The largest absolute Gasteiger partial charge is 3.00 e. The summed E-state index contributed by atoms with van der Waals surface area (Å²) in [5.74, 6) is 0. The zero-order valence-electron chi connectivity index (χ0n) is 1.90. The van der Waals surface area contributed by atoms with Gasteiger partial charge >= 0.3 is 17.1 Å². The van der Waals surface area contributed by atoms with Crippen molar-refractivity contribution in [2.75, 3.05) is 0 Å². The Labute approximate surface area is 77.6 Å². The van der Waals surface area contributed by atoms with E-state index in [9.17, 15) is 0 Å². The molecule has 37 valence electrons. The van der Waals surface area contributed by atoms with Gasteiger partial charge in [0.05, 0.1) is 0 Å². The molecule has 0 aromatic carbocycles. The monoisotopic (exact) mass is 289 g/mol. The predicted octanol–water partition coefficient (Wildman–Crippen LogP) is -8.37. The van der Waals surface area contributed by atoms with Gasteiger partial charge < -0.3 is 37.2 Å². The van der Waals surface area contributed by atoms with Crippen molar-refractivity contribution in [1.29, 1.82) is 0 Å². The van der Waals surface area contributed by atoms with Crippen LogP contribution in [0.1, 0.15) is 0 Å². The Hall–Kier alpha value is 2.12. The van der Waals surface area contributed by atoms with Crippen molar-refractivity contribution >= 4 is 24.0 Å². The third kappa shape index (κ3) is 23.1. The molecule has 0 atom stereocenters. The van der Waals surface area contributed by atoms with Gasteiger partial charge in [-0.15, -0.1) is 24.0 Å². The molecular weight excluding hydrogens is 289 g/mol. The first-order valence-corrected chi connectivity index (χ1v) is 0. The molecule has 0 rings (SSSR count). The van der Waals surface area contributed by atoms with Crippen LogP contribution in [0.15, 0.2) is 0 Å². The van der Waals surface area contributed by atoms with Crippen molar-refractivity contribution in [3.8, 4) is 0 Å². The number of halogens is 4. The molecule has 0 aliphatic carbocycles. The molecule has 0 N–H and O–H groups in total. The van der Waals surface area contributed by atoms with Crippen LogP contribution in [0.4, 0.5) is 0 Å². The molecule has 0 aromatic rings. The summed E-state index contributed by atoms with van der Waals surface area (Å²) in [4.78, 5) is 0. The molecule has 0 unspecified atom stereocenters. The third-order valence-corrected chi connectivity index (χ3v) is 0. The average Bonchev–Trinajstić information content (AvgIpc) is 0. The molecule has 0 saturated carbocycles. The molecule has 0 aromatic heterocycles. The Morgan fingerprint density at radius 2 is 0.600 bits per heavy atom. The standard InChI is InChI=1S/3ClH.Fe.HI/h3*1H;;1H/q;;;+3;/p-3. The van der Waals surface area contributed by atoms with Crippen LogP contribution in [0, 0.1) is 0 Å². The Balaban J connectivity index is 0. The zero-order valence-corrected chi connectivity index (χ0v) is 7.60. The van der Waals surface area contributed by atoms with Crippen molar-refractivity contribution in [2.24, 2.45) is 0 Å². The molecule has 0 aliphatic heterocycles. The van der Waals surface area contributed by atoms with E-state index >= 15 is 0 Å². The molecular formula is HCl3FeI. The number of hydrogen-bond donors (Lipinski definition) is 0. The van der Waals surface area contributed by atoms with E-state index in [-0.39, 0.29) is 78.3 Å². The second kappa shape index (κ2) is 35.7. The summed E-state index contributed by atoms with van der Waals surface area (Å²) in [7, 11) is 0. The number of rotatable bonds is 0. The minimum absolute atomic E-state index is 0. The third-order valence-electron chi connectivity index (χ3n) is 0. The molecule has 5 heteroatoms. The maximum Gasteiger partial charge on any atom is 3.00 e.